The molecule has 6 fully saturated rings. The van der Waals surface area contributed by atoms with E-state index in [1.807, 2.05) is 51.9 Å². The number of β-amino-alcohol motifs (C(OH)–C–C–N with tert-alkyl or cyclic N) is 1. The third kappa shape index (κ3) is 19.2. The number of fused-ring (bicyclic) bond motifs is 2. The number of aromatic nitrogens is 4. The Balaban J connectivity index is 0.604. The van der Waals surface area contributed by atoms with E-state index in [0.717, 1.165) is 75.8 Å². The summed E-state index contributed by atoms with van der Waals surface area (Å²) in [6, 6.07) is 26.9. The maximum absolute atomic E-state index is 14.2. The molecular formula is C76H95N14O17P. The number of para-hydroxylation sites is 1. The predicted octanol–water partition coefficient (Wildman–Crippen LogP) is 7.93. The first-order valence-electron chi connectivity index (χ1n) is 37.0. The Bertz CT molecular complexity index is 4240. The van der Waals surface area contributed by atoms with Gasteiger partial charge in [-0.25, -0.2) is 14.3 Å². The third-order valence-electron chi connectivity index (χ3n) is 21.3. The van der Waals surface area contributed by atoms with E-state index in [1.54, 1.807) is 85.1 Å². The van der Waals surface area contributed by atoms with Crippen molar-refractivity contribution in [3.05, 3.63) is 126 Å². The van der Waals surface area contributed by atoms with Gasteiger partial charge in [0.15, 0.2) is 11.6 Å². The minimum absolute atomic E-state index is 0.000424. The number of hydrogen-bond acceptors (Lipinski definition) is 23. The normalized spacial score (nSPS) is 21.4. The van der Waals surface area contributed by atoms with E-state index in [-0.39, 0.29) is 109 Å². The topological polar surface area (TPSA) is 399 Å². The molecule has 8 N–H and O–H groups in total. The number of unbranched alkanes of at least 4 members (excludes halogenated alkanes) is 1. The van der Waals surface area contributed by atoms with Gasteiger partial charge in [0.1, 0.15) is 48.5 Å². The number of pyridine rings is 1. The monoisotopic (exact) mass is 1510 g/mol. The van der Waals surface area contributed by atoms with Crippen molar-refractivity contribution in [3.8, 4) is 34.8 Å². The van der Waals surface area contributed by atoms with Crippen LogP contribution in [0.2, 0.25) is 0 Å². The van der Waals surface area contributed by atoms with Crippen LogP contribution in [0.15, 0.2) is 108 Å². The molecule has 4 saturated heterocycles. The van der Waals surface area contributed by atoms with Crippen LogP contribution in [-0.2, 0) is 44.6 Å². The summed E-state index contributed by atoms with van der Waals surface area (Å²) in [7, 11) is -1.11. The maximum atomic E-state index is 14.2. The number of piperidine rings is 1. The number of aliphatic hydroxyl groups is 1. The summed E-state index contributed by atoms with van der Waals surface area (Å²) in [5, 5.41) is 54.1. The molecule has 4 aliphatic heterocycles. The number of phosphoric ester groups is 1. The number of phosphoric acid groups is 1. The number of aliphatic hydroxyl groups excluding tert-OH is 1. The number of nitrogens with one attached hydrogen (secondary N) is 4. The molecule has 576 valence electrons. The van der Waals surface area contributed by atoms with Gasteiger partial charge in [-0.2, -0.15) is 5.26 Å². The number of rotatable bonds is 32. The minimum Gasteiger partial charge on any atom is -0.480 e. The quantitative estimate of drug-likeness (QED) is 0.0113. The largest absolute Gasteiger partial charge is 0.524 e. The van der Waals surface area contributed by atoms with Crippen molar-refractivity contribution in [2.75, 3.05) is 86.9 Å². The predicted molar refractivity (Wildman–Crippen MR) is 394 cm³/mol. The van der Waals surface area contributed by atoms with Gasteiger partial charge in [0, 0.05) is 106 Å². The zero-order valence-corrected chi connectivity index (χ0v) is 62.1. The number of ether oxygens (including phenoxy) is 4. The van der Waals surface area contributed by atoms with Gasteiger partial charge in [-0.05, 0) is 156 Å². The first kappa shape index (κ1) is 77.8. The van der Waals surface area contributed by atoms with Crippen LogP contribution in [0.5, 0.6) is 17.5 Å². The summed E-state index contributed by atoms with van der Waals surface area (Å²) in [4.78, 5) is 115. The second-order valence-corrected chi connectivity index (χ2v) is 30.7. The van der Waals surface area contributed by atoms with E-state index in [9.17, 15) is 58.6 Å². The van der Waals surface area contributed by atoms with Gasteiger partial charge in [0.2, 0.25) is 29.5 Å². The van der Waals surface area contributed by atoms with Crippen LogP contribution < -0.4 is 45.1 Å². The van der Waals surface area contributed by atoms with E-state index in [2.05, 4.69) is 62.4 Å². The maximum Gasteiger partial charge on any atom is 0.524 e. The number of hydrogen-bond donors (Lipinski definition) is 8. The van der Waals surface area contributed by atoms with Gasteiger partial charge in [-0.15, -0.1) is 10.2 Å². The molecule has 3 unspecified atom stereocenters. The highest BCUT2D eigenvalue weighted by Crippen LogP contribution is 2.46. The zero-order valence-electron chi connectivity index (χ0n) is 61.2. The number of likely N-dealkylation sites (tertiary alicyclic amines) is 2. The molecule has 2 aliphatic carbocycles. The Kier molecular flexibility index (Phi) is 24.9. The first-order chi connectivity index (χ1) is 51.8. The Labute approximate surface area is 626 Å². The van der Waals surface area contributed by atoms with Gasteiger partial charge in [-0.1, -0.05) is 56.7 Å². The standard InChI is InChI=1S/C76H95N14O17P/c1-46(2)68(72(94)89-44-55(91)36-63(89)71(93)79-47(3)50-18-14-48(41-77)15-19-50)65-40-67(85-106-65)102-34-33-87-31-25-56(26-32-87)104-57-37-58(38-57)105-66-35-52(24-29-78-66)90-53-22-23-54(90)43-88(42-53)62-39-61(59-11-6-7-13-64(59)107-108(99,100)101)83-84-69(62)82-75(98)103-45-49-16-20-51(21-17-49)80-70(92)60(12-8-9-30-86(4)5)81-73(95)76(74(96)97)27-10-28-76/h6-7,11,13-21,24,29,35,39-40,46-47,53-58,60,63,68,91H,8-10,12,22-23,25-28,30-34,36-38,42-45H2,1-5H3,(H,79,93)(H,80,92)(H,81,95)(H,96,97)(H,82,84,98)(H2,99,100,101)/t47-,53?,54?,55+,57?,58?,60-,63-,68?/m0/s1. The molecule has 7 atom stereocenters. The molecule has 6 aliphatic rings. The number of carboxylic acids is 1. The number of carbonyl (C=O) groups excluding carboxylic acids is 5. The summed E-state index contributed by atoms with van der Waals surface area (Å²) >= 11 is 0. The summed E-state index contributed by atoms with van der Waals surface area (Å²) in [5.41, 5.74) is 2.66. The molecule has 12 rings (SSSR count). The minimum atomic E-state index is -4.99. The van der Waals surface area contributed by atoms with Gasteiger partial charge in [0.25, 0.3) is 5.88 Å². The molecule has 7 heterocycles. The highest BCUT2D eigenvalue weighted by Gasteiger charge is 2.52. The van der Waals surface area contributed by atoms with Gasteiger partial charge in [-0.3, -0.25) is 44.0 Å². The highest BCUT2D eigenvalue weighted by atomic mass is 31.2. The van der Waals surface area contributed by atoms with Crippen LogP contribution in [0, 0.1) is 22.7 Å². The average Bonchev–Trinajstić information content (AvgIpc) is 1.64. The van der Waals surface area contributed by atoms with Crippen molar-refractivity contribution in [2.24, 2.45) is 11.3 Å². The van der Waals surface area contributed by atoms with Crippen molar-refractivity contribution in [1.29, 1.82) is 5.26 Å². The van der Waals surface area contributed by atoms with Crippen molar-refractivity contribution in [1.82, 2.24) is 45.7 Å². The van der Waals surface area contributed by atoms with Crippen LogP contribution in [-0.4, -0.2) is 206 Å². The van der Waals surface area contributed by atoms with Gasteiger partial charge < -0.3 is 73.8 Å². The van der Waals surface area contributed by atoms with Crippen LogP contribution in [0.3, 0.4) is 0 Å². The number of nitrogens with zero attached hydrogens (tertiary/aromatic N) is 10. The number of carbonyl (C=O) groups is 6. The Hall–Kier alpha value is -9.80. The molecule has 3 aromatic carbocycles. The molecule has 108 heavy (non-hydrogen) atoms. The Morgan fingerprint density at radius 2 is 1.56 bits per heavy atom. The number of carboxylic acid groups (broad SMARTS) is 1. The fourth-order valence-corrected chi connectivity index (χ4v) is 15.6. The summed E-state index contributed by atoms with van der Waals surface area (Å²) in [6.45, 7) is 9.81. The van der Waals surface area contributed by atoms with Crippen LogP contribution in [0.4, 0.5) is 27.7 Å². The molecule has 31 nitrogen and oxygen atoms in total. The Morgan fingerprint density at radius 1 is 0.824 bits per heavy atom. The van der Waals surface area contributed by atoms with Crippen LogP contribution in [0.25, 0.3) is 11.3 Å². The lowest BCUT2D eigenvalue weighted by molar-refractivity contribution is -0.162. The Morgan fingerprint density at radius 3 is 2.23 bits per heavy atom. The fourth-order valence-electron chi connectivity index (χ4n) is 15.1. The molecule has 2 bridgehead atoms. The lowest BCUT2D eigenvalue weighted by Crippen LogP contribution is -2.55. The number of aliphatic carboxylic acids is 1. The van der Waals surface area contributed by atoms with Crippen molar-refractivity contribution in [2.45, 2.75) is 171 Å². The van der Waals surface area contributed by atoms with E-state index in [1.165, 1.54) is 11.0 Å². The van der Waals surface area contributed by atoms with E-state index >= 15 is 0 Å². The number of anilines is 4. The van der Waals surface area contributed by atoms with E-state index in [4.69, 9.17) is 28.0 Å². The average molecular weight is 1510 g/mol. The van der Waals surface area contributed by atoms with Gasteiger partial charge >= 0.3 is 19.9 Å². The molecule has 5 amide bonds. The summed E-state index contributed by atoms with van der Waals surface area (Å²) in [5.74, 6) is -3.06. The van der Waals surface area contributed by atoms with Crippen molar-refractivity contribution < 1.29 is 81.3 Å². The highest BCUT2D eigenvalue weighted by molar-refractivity contribution is 7.46. The zero-order chi connectivity index (χ0) is 76.4. The smallest absolute Gasteiger partial charge is 0.480 e. The number of amides is 5. The molecule has 32 heteroatoms. The van der Waals surface area contributed by atoms with Crippen LogP contribution in [0.1, 0.15) is 139 Å². The molecule has 0 radical (unpaired) electrons. The molecular weight excluding hydrogens is 1410 g/mol. The first-order valence-corrected chi connectivity index (χ1v) is 38.6. The molecule has 3 aromatic heterocycles. The van der Waals surface area contributed by atoms with Crippen molar-refractivity contribution >= 4 is 66.4 Å². The van der Waals surface area contributed by atoms with Crippen molar-refractivity contribution in [3.63, 3.8) is 0 Å². The fraction of sp³-hybridized carbons (Fsp3) is 0.513. The second-order valence-electron chi connectivity index (χ2n) is 29.6. The molecule has 2 saturated carbocycles. The SMILES string of the molecule is CC(C)C(C(=O)N1C[C@H](O)C[C@H]1C(=O)N[C@@H](C)c1ccc(C#N)cc1)c1cc(OCCN2CCC(OC3CC(Oc4cc(N5C6CCC5CN(c5cc(-c7ccccc7OP(=O)(O)O)nnc5NC(=O)OCc5ccc(NC(=O)[C@H](CCCCN(C)C)NC(=O)C7(C(=O)O)CCC7)cc5)C6)ccn4)C3)CC2)no1. The van der Waals surface area contributed by atoms with Gasteiger partial charge in [0.05, 0.1) is 47.4 Å². The summed E-state index contributed by atoms with van der Waals surface area (Å²) in [6.07, 6.45) is 7.76. The summed E-state index contributed by atoms with van der Waals surface area (Å²) < 4.78 is 47.7. The molecule has 0 spiro atoms. The number of piperazine rings is 1. The number of benzene rings is 3. The lowest BCUT2D eigenvalue weighted by Gasteiger charge is -2.44. The third-order valence-corrected chi connectivity index (χ3v) is 21.7. The second kappa shape index (κ2) is 34.6. The number of nitriles is 1. The van der Waals surface area contributed by atoms with Crippen LogP contribution >= 0.6 is 7.82 Å². The lowest BCUT2D eigenvalue weighted by atomic mass is 9.68. The van der Waals surface area contributed by atoms with E-state index in [0.29, 0.717) is 79.6 Å². The molecule has 6 aromatic rings. The van der Waals surface area contributed by atoms with E-state index < -0.39 is 67.3 Å².